The van der Waals surface area contributed by atoms with Gasteiger partial charge in [0.05, 0.1) is 0 Å². The second kappa shape index (κ2) is 8.55. The molecule has 1 spiro atoms. The number of nitrogens with zero attached hydrogens (tertiary/aromatic N) is 3. The minimum Gasteiger partial charge on any atom is -0.339 e. The van der Waals surface area contributed by atoms with Crippen LogP contribution in [0.2, 0.25) is 0 Å². The lowest BCUT2D eigenvalue weighted by molar-refractivity contribution is -0.125. The van der Waals surface area contributed by atoms with Crippen LogP contribution in [0.25, 0.3) is 6.08 Å². The van der Waals surface area contributed by atoms with Gasteiger partial charge in [0.2, 0.25) is 5.91 Å². The molecule has 1 aromatic rings. The Morgan fingerprint density at radius 2 is 1.89 bits per heavy atom. The molecule has 1 atom stereocenters. The summed E-state index contributed by atoms with van der Waals surface area (Å²) < 4.78 is 0. The van der Waals surface area contributed by atoms with Gasteiger partial charge in [-0.05, 0) is 68.3 Å². The lowest BCUT2D eigenvalue weighted by atomic mass is 9.78. The molecule has 2 aliphatic heterocycles. The lowest BCUT2D eigenvalue weighted by Crippen LogP contribution is -2.46. The zero-order valence-electron chi connectivity index (χ0n) is 16.5. The highest BCUT2D eigenvalue weighted by molar-refractivity contribution is 5.92. The van der Waals surface area contributed by atoms with E-state index in [2.05, 4.69) is 14.8 Å². The second-order valence-corrected chi connectivity index (χ2v) is 8.97. The smallest absolute Gasteiger partial charge is 0.246 e. The van der Waals surface area contributed by atoms with E-state index >= 15 is 0 Å². The average Bonchev–Trinajstić information content (AvgIpc) is 3.11. The first-order valence-corrected chi connectivity index (χ1v) is 10.8. The number of amides is 1. The van der Waals surface area contributed by atoms with Gasteiger partial charge in [-0.3, -0.25) is 9.78 Å². The molecule has 0 aromatic carbocycles. The highest BCUT2D eigenvalue weighted by atomic mass is 16.2. The molecule has 1 amide bonds. The number of hydrogen-bond acceptors (Lipinski definition) is 3. The van der Waals surface area contributed by atoms with Crippen molar-refractivity contribution in [1.82, 2.24) is 14.8 Å². The molecule has 0 N–H and O–H groups in total. The largest absolute Gasteiger partial charge is 0.339 e. The van der Waals surface area contributed by atoms with E-state index < -0.39 is 0 Å². The molecule has 0 radical (unpaired) electrons. The van der Waals surface area contributed by atoms with Crippen LogP contribution in [0.5, 0.6) is 0 Å². The highest BCUT2D eigenvalue weighted by Gasteiger charge is 2.42. The molecule has 146 valence electrons. The number of piperidine rings is 1. The molecule has 27 heavy (non-hydrogen) atoms. The van der Waals surface area contributed by atoms with E-state index in [0.717, 1.165) is 24.6 Å². The van der Waals surface area contributed by atoms with Crippen molar-refractivity contribution in [2.75, 3.05) is 32.7 Å². The van der Waals surface area contributed by atoms with E-state index in [1.54, 1.807) is 18.5 Å². The Bertz CT molecular complexity index is 653. The third-order valence-electron chi connectivity index (χ3n) is 6.86. The van der Waals surface area contributed by atoms with Gasteiger partial charge in [0.1, 0.15) is 0 Å². The summed E-state index contributed by atoms with van der Waals surface area (Å²) in [6.45, 7) is 5.59. The molecule has 2 saturated heterocycles. The third kappa shape index (κ3) is 4.78. The zero-order valence-corrected chi connectivity index (χ0v) is 16.5. The van der Waals surface area contributed by atoms with E-state index in [1.165, 1.54) is 71.0 Å². The predicted octanol–water partition coefficient (Wildman–Crippen LogP) is 3.99. The van der Waals surface area contributed by atoms with E-state index in [0.29, 0.717) is 5.41 Å². The summed E-state index contributed by atoms with van der Waals surface area (Å²) in [5, 5.41) is 0. The van der Waals surface area contributed by atoms with Crippen LogP contribution in [-0.2, 0) is 4.79 Å². The molecule has 1 aliphatic carbocycles. The number of likely N-dealkylation sites (tertiary alicyclic amines) is 2. The van der Waals surface area contributed by atoms with Crippen LogP contribution in [0.3, 0.4) is 0 Å². The van der Waals surface area contributed by atoms with E-state index in [4.69, 9.17) is 0 Å². The number of pyridine rings is 1. The van der Waals surface area contributed by atoms with Crippen molar-refractivity contribution in [2.24, 2.45) is 11.3 Å². The van der Waals surface area contributed by atoms with Crippen LogP contribution < -0.4 is 0 Å². The fraction of sp³-hybridized carbons (Fsp3) is 0.652. The molecule has 4 heteroatoms. The monoisotopic (exact) mass is 367 g/mol. The number of carbonyl (C=O) groups is 1. The summed E-state index contributed by atoms with van der Waals surface area (Å²) in [5.41, 5.74) is 1.37. The maximum Gasteiger partial charge on any atom is 0.246 e. The minimum absolute atomic E-state index is 0.160. The predicted molar refractivity (Wildman–Crippen MR) is 109 cm³/mol. The number of aromatic nitrogens is 1. The van der Waals surface area contributed by atoms with Crippen molar-refractivity contribution in [1.29, 1.82) is 0 Å². The quantitative estimate of drug-likeness (QED) is 0.755. The number of rotatable bonds is 4. The van der Waals surface area contributed by atoms with Gasteiger partial charge in [-0.1, -0.05) is 19.3 Å². The van der Waals surface area contributed by atoms with Gasteiger partial charge in [0, 0.05) is 50.1 Å². The van der Waals surface area contributed by atoms with Crippen molar-refractivity contribution in [2.45, 2.75) is 51.4 Å². The van der Waals surface area contributed by atoms with Crippen LogP contribution in [0.15, 0.2) is 30.6 Å². The summed E-state index contributed by atoms with van der Waals surface area (Å²) in [6.07, 6.45) is 18.0. The summed E-state index contributed by atoms with van der Waals surface area (Å²) in [6, 6.07) is 3.86. The Morgan fingerprint density at radius 3 is 2.70 bits per heavy atom. The van der Waals surface area contributed by atoms with Gasteiger partial charge in [-0.2, -0.15) is 0 Å². The first-order chi connectivity index (χ1) is 13.2. The van der Waals surface area contributed by atoms with Gasteiger partial charge in [-0.15, -0.1) is 0 Å². The van der Waals surface area contributed by atoms with E-state index in [1.807, 2.05) is 18.2 Å². The molecule has 3 fully saturated rings. The fourth-order valence-corrected chi connectivity index (χ4v) is 5.40. The summed E-state index contributed by atoms with van der Waals surface area (Å²) in [7, 11) is 0. The second-order valence-electron chi connectivity index (χ2n) is 8.97. The standard InChI is InChI=1S/C23H33N3O/c27-22(8-7-20-9-13-24-14-10-20)26-16-12-23(19-26)11-4-15-25(18-23)17-21-5-2-1-3-6-21/h7-10,13-14,21H,1-6,11-12,15-19H2. The van der Waals surface area contributed by atoms with Crippen molar-refractivity contribution in [3.05, 3.63) is 36.2 Å². The molecule has 1 unspecified atom stereocenters. The van der Waals surface area contributed by atoms with E-state index in [9.17, 15) is 4.79 Å². The van der Waals surface area contributed by atoms with Gasteiger partial charge in [-0.25, -0.2) is 0 Å². The Hall–Kier alpha value is -1.68. The van der Waals surface area contributed by atoms with Crippen LogP contribution in [0.1, 0.15) is 56.9 Å². The Labute approximate surface area is 163 Å². The Balaban J connectivity index is 1.32. The van der Waals surface area contributed by atoms with Crippen molar-refractivity contribution < 1.29 is 4.79 Å². The van der Waals surface area contributed by atoms with Crippen LogP contribution in [0.4, 0.5) is 0 Å². The fourth-order valence-electron chi connectivity index (χ4n) is 5.40. The highest BCUT2D eigenvalue weighted by Crippen LogP contribution is 2.39. The summed E-state index contributed by atoms with van der Waals surface area (Å²) in [4.78, 5) is 21.5. The Kier molecular flexibility index (Phi) is 5.92. The zero-order chi connectivity index (χ0) is 18.5. The molecule has 1 aromatic heterocycles. The maximum atomic E-state index is 12.7. The maximum absolute atomic E-state index is 12.7. The molecule has 3 aliphatic rings. The number of carbonyl (C=O) groups excluding carboxylic acids is 1. The molecule has 4 rings (SSSR count). The molecular weight excluding hydrogens is 334 g/mol. The van der Waals surface area contributed by atoms with Crippen molar-refractivity contribution in [3.63, 3.8) is 0 Å². The first-order valence-electron chi connectivity index (χ1n) is 10.8. The van der Waals surface area contributed by atoms with Crippen LogP contribution in [0, 0.1) is 11.3 Å². The SMILES string of the molecule is O=C(C=Cc1ccncc1)N1CCC2(CCCN(CC3CCCCC3)C2)C1. The first kappa shape index (κ1) is 18.7. The van der Waals surface area contributed by atoms with Gasteiger partial charge >= 0.3 is 0 Å². The normalized spacial score (nSPS) is 27.6. The minimum atomic E-state index is 0.160. The van der Waals surface area contributed by atoms with Crippen LogP contribution in [-0.4, -0.2) is 53.4 Å². The van der Waals surface area contributed by atoms with Gasteiger partial charge < -0.3 is 9.80 Å². The molecule has 1 saturated carbocycles. The number of hydrogen-bond donors (Lipinski definition) is 0. The lowest BCUT2D eigenvalue weighted by Gasteiger charge is -2.42. The Morgan fingerprint density at radius 1 is 1.07 bits per heavy atom. The molecule has 0 bridgehead atoms. The van der Waals surface area contributed by atoms with Crippen LogP contribution >= 0.6 is 0 Å². The van der Waals surface area contributed by atoms with Gasteiger partial charge in [0.15, 0.2) is 0 Å². The van der Waals surface area contributed by atoms with Crippen molar-refractivity contribution >= 4 is 12.0 Å². The topological polar surface area (TPSA) is 36.4 Å². The van der Waals surface area contributed by atoms with Gasteiger partial charge in [0.25, 0.3) is 0 Å². The van der Waals surface area contributed by atoms with E-state index in [-0.39, 0.29) is 5.91 Å². The summed E-state index contributed by atoms with van der Waals surface area (Å²) >= 11 is 0. The third-order valence-corrected chi connectivity index (χ3v) is 6.86. The van der Waals surface area contributed by atoms with Crippen molar-refractivity contribution in [3.8, 4) is 0 Å². The molecule has 3 heterocycles. The molecular formula is C23H33N3O. The average molecular weight is 368 g/mol. The molecule has 4 nitrogen and oxygen atoms in total. The summed E-state index contributed by atoms with van der Waals surface area (Å²) in [5.74, 6) is 1.07.